The van der Waals surface area contributed by atoms with Crippen LogP contribution in [0.15, 0.2) is 18.2 Å². The maximum atomic E-state index is 12.9. The Morgan fingerprint density at radius 1 is 1.12 bits per heavy atom. The zero-order valence-electron chi connectivity index (χ0n) is 10.2. The molecule has 0 amide bonds. The zero-order chi connectivity index (χ0) is 12.8. The SMILES string of the molecule is COC(OC)C(C)NCc1cc(F)cc(F)c1. The molecule has 0 fully saturated rings. The highest BCUT2D eigenvalue weighted by Gasteiger charge is 2.14. The van der Waals surface area contributed by atoms with Gasteiger partial charge in [-0.25, -0.2) is 8.78 Å². The van der Waals surface area contributed by atoms with Crippen LogP contribution in [-0.4, -0.2) is 26.6 Å². The molecule has 0 spiro atoms. The van der Waals surface area contributed by atoms with E-state index in [0.717, 1.165) is 6.07 Å². The number of hydrogen-bond acceptors (Lipinski definition) is 3. The summed E-state index contributed by atoms with van der Waals surface area (Å²) in [6.45, 7) is 2.21. The molecule has 1 N–H and O–H groups in total. The summed E-state index contributed by atoms with van der Waals surface area (Å²) in [5, 5.41) is 3.07. The molecule has 1 aromatic carbocycles. The fourth-order valence-corrected chi connectivity index (χ4v) is 1.59. The van der Waals surface area contributed by atoms with E-state index < -0.39 is 17.9 Å². The van der Waals surface area contributed by atoms with Gasteiger partial charge in [0, 0.05) is 26.8 Å². The van der Waals surface area contributed by atoms with Gasteiger partial charge in [-0.05, 0) is 24.6 Å². The Balaban J connectivity index is 2.55. The molecule has 0 saturated carbocycles. The molecule has 0 aliphatic rings. The van der Waals surface area contributed by atoms with Crippen molar-refractivity contribution in [2.24, 2.45) is 0 Å². The number of halogens is 2. The number of methoxy groups -OCH3 is 2. The molecule has 0 heterocycles. The molecule has 0 saturated heterocycles. The summed E-state index contributed by atoms with van der Waals surface area (Å²) in [6, 6.07) is 3.34. The Hall–Kier alpha value is -1.04. The second-order valence-electron chi connectivity index (χ2n) is 3.79. The van der Waals surface area contributed by atoms with Crippen LogP contribution in [0.2, 0.25) is 0 Å². The van der Waals surface area contributed by atoms with Crippen LogP contribution in [0, 0.1) is 11.6 Å². The molecule has 1 unspecified atom stereocenters. The molecule has 0 aromatic heterocycles. The van der Waals surface area contributed by atoms with Crippen LogP contribution >= 0.6 is 0 Å². The van der Waals surface area contributed by atoms with E-state index >= 15 is 0 Å². The quantitative estimate of drug-likeness (QED) is 0.778. The molecule has 0 radical (unpaired) electrons. The highest BCUT2D eigenvalue weighted by molar-refractivity contribution is 5.17. The van der Waals surface area contributed by atoms with E-state index in [4.69, 9.17) is 9.47 Å². The minimum absolute atomic E-state index is 0.0867. The Labute approximate surface area is 99.7 Å². The van der Waals surface area contributed by atoms with Gasteiger partial charge in [-0.2, -0.15) is 0 Å². The van der Waals surface area contributed by atoms with Gasteiger partial charge >= 0.3 is 0 Å². The molecule has 96 valence electrons. The predicted octanol–water partition coefficient (Wildman–Crippen LogP) is 2.06. The van der Waals surface area contributed by atoms with Gasteiger partial charge in [-0.15, -0.1) is 0 Å². The van der Waals surface area contributed by atoms with E-state index in [1.807, 2.05) is 6.92 Å². The molecule has 5 heteroatoms. The van der Waals surface area contributed by atoms with Crippen LogP contribution in [-0.2, 0) is 16.0 Å². The fourth-order valence-electron chi connectivity index (χ4n) is 1.59. The Kier molecular flexibility index (Phi) is 5.47. The van der Waals surface area contributed by atoms with Crippen LogP contribution in [0.3, 0.4) is 0 Å². The summed E-state index contributed by atoms with van der Waals surface area (Å²) < 4.78 is 36.0. The van der Waals surface area contributed by atoms with Crippen molar-refractivity contribution in [2.45, 2.75) is 25.8 Å². The number of benzene rings is 1. The lowest BCUT2D eigenvalue weighted by atomic mass is 10.2. The average Bonchev–Trinajstić information content (AvgIpc) is 2.27. The summed E-state index contributed by atoms with van der Waals surface area (Å²) in [5.41, 5.74) is 0.542. The standard InChI is InChI=1S/C12H17F2NO2/c1-8(12(16-2)17-3)15-7-9-4-10(13)6-11(14)5-9/h4-6,8,12,15H,7H2,1-3H3. The molecular formula is C12H17F2NO2. The second-order valence-corrected chi connectivity index (χ2v) is 3.79. The van der Waals surface area contributed by atoms with E-state index in [9.17, 15) is 8.78 Å². The van der Waals surface area contributed by atoms with Gasteiger partial charge < -0.3 is 14.8 Å². The third-order valence-electron chi connectivity index (χ3n) is 2.42. The number of nitrogens with one attached hydrogen (secondary N) is 1. The van der Waals surface area contributed by atoms with E-state index in [0.29, 0.717) is 12.1 Å². The van der Waals surface area contributed by atoms with E-state index in [1.54, 1.807) is 0 Å². The van der Waals surface area contributed by atoms with Gasteiger partial charge in [0.05, 0.1) is 6.04 Å². The number of hydrogen-bond donors (Lipinski definition) is 1. The lowest BCUT2D eigenvalue weighted by molar-refractivity contribution is -0.119. The van der Waals surface area contributed by atoms with Crippen molar-refractivity contribution < 1.29 is 18.3 Å². The van der Waals surface area contributed by atoms with Crippen molar-refractivity contribution in [3.05, 3.63) is 35.4 Å². The summed E-state index contributed by atoms with van der Waals surface area (Å²) in [6.07, 6.45) is -0.395. The van der Waals surface area contributed by atoms with Crippen molar-refractivity contribution in [3.63, 3.8) is 0 Å². The van der Waals surface area contributed by atoms with Crippen molar-refractivity contribution in [1.82, 2.24) is 5.32 Å². The molecule has 3 nitrogen and oxygen atoms in total. The first-order chi connectivity index (χ1) is 8.06. The molecule has 1 atom stereocenters. The van der Waals surface area contributed by atoms with E-state index in [1.165, 1.54) is 26.4 Å². The van der Waals surface area contributed by atoms with Gasteiger partial charge in [0.2, 0.25) is 0 Å². The number of rotatable bonds is 6. The summed E-state index contributed by atoms with van der Waals surface area (Å²) in [5.74, 6) is -1.16. The van der Waals surface area contributed by atoms with Crippen LogP contribution in [0.4, 0.5) is 8.78 Å². The van der Waals surface area contributed by atoms with E-state index in [2.05, 4.69) is 5.32 Å². The molecule has 17 heavy (non-hydrogen) atoms. The molecule has 0 bridgehead atoms. The monoisotopic (exact) mass is 245 g/mol. The largest absolute Gasteiger partial charge is 0.354 e. The Morgan fingerprint density at radius 2 is 1.65 bits per heavy atom. The van der Waals surface area contributed by atoms with Crippen molar-refractivity contribution >= 4 is 0 Å². The maximum absolute atomic E-state index is 12.9. The normalized spacial score (nSPS) is 13.1. The first kappa shape index (κ1) is 14.0. The van der Waals surface area contributed by atoms with Crippen molar-refractivity contribution in [3.8, 4) is 0 Å². The lowest BCUT2D eigenvalue weighted by Gasteiger charge is -2.22. The third kappa shape index (κ3) is 4.38. The van der Waals surface area contributed by atoms with Gasteiger partial charge in [-0.1, -0.05) is 0 Å². The van der Waals surface area contributed by atoms with Gasteiger partial charge in [0.1, 0.15) is 11.6 Å². The topological polar surface area (TPSA) is 30.5 Å². The van der Waals surface area contributed by atoms with Crippen LogP contribution < -0.4 is 5.32 Å². The van der Waals surface area contributed by atoms with Crippen LogP contribution in [0.25, 0.3) is 0 Å². The molecule has 0 aliphatic carbocycles. The highest BCUT2D eigenvalue weighted by atomic mass is 19.1. The molecule has 0 aliphatic heterocycles. The fraction of sp³-hybridized carbons (Fsp3) is 0.500. The van der Waals surface area contributed by atoms with Gasteiger partial charge in [0.15, 0.2) is 6.29 Å². The highest BCUT2D eigenvalue weighted by Crippen LogP contribution is 2.08. The van der Waals surface area contributed by atoms with Crippen molar-refractivity contribution in [1.29, 1.82) is 0 Å². The van der Waals surface area contributed by atoms with Crippen LogP contribution in [0.5, 0.6) is 0 Å². The minimum Gasteiger partial charge on any atom is -0.354 e. The maximum Gasteiger partial charge on any atom is 0.171 e. The molecule has 1 rings (SSSR count). The van der Waals surface area contributed by atoms with E-state index in [-0.39, 0.29) is 6.04 Å². The van der Waals surface area contributed by atoms with Crippen molar-refractivity contribution in [2.75, 3.05) is 14.2 Å². The summed E-state index contributed by atoms with van der Waals surface area (Å²) >= 11 is 0. The predicted molar refractivity (Wildman–Crippen MR) is 60.5 cm³/mol. The minimum atomic E-state index is -0.579. The van der Waals surface area contributed by atoms with Gasteiger partial charge in [0.25, 0.3) is 0 Å². The second kappa shape index (κ2) is 6.64. The zero-order valence-corrected chi connectivity index (χ0v) is 10.2. The lowest BCUT2D eigenvalue weighted by Crippen LogP contribution is -2.39. The summed E-state index contributed by atoms with van der Waals surface area (Å²) in [4.78, 5) is 0. The Morgan fingerprint density at radius 3 is 2.12 bits per heavy atom. The molecule has 1 aromatic rings. The summed E-state index contributed by atoms with van der Waals surface area (Å²) in [7, 11) is 3.07. The van der Waals surface area contributed by atoms with Gasteiger partial charge in [-0.3, -0.25) is 0 Å². The van der Waals surface area contributed by atoms with Crippen LogP contribution in [0.1, 0.15) is 12.5 Å². The third-order valence-corrected chi connectivity index (χ3v) is 2.42. The molecular weight excluding hydrogens is 228 g/mol. The Bertz CT molecular complexity index is 336. The first-order valence-electron chi connectivity index (χ1n) is 5.30. The first-order valence-corrected chi connectivity index (χ1v) is 5.30. The smallest absolute Gasteiger partial charge is 0.171 e. The number of ether oxygens (including phenoxy) is 2. The average molecular weight is 245 g/mol.